The lowest BCUT2D eigenvalue weighted by Crippen LogP contribution is -2.52. The second-order valence-electron chi connectivity index (χ2n) is 8.00. The number of aliphatic hydroxyl groups excluding tert-OH is 1. The van der Waals surface area contributed by atoms with Gasteiger partial charge in [0.1, 0.15) is 18.2 Å². The van der Waals surface area contributed by atoms with Crippen LogP contribution in [0, 0.1) is 19.8 Å². The Morgan fingerprint density at radius 1 is 1.30 bits per heavy atom. The summed E-state index contributed by atoms with van der Waals surface area (Å²) in [7, 11) is 1.62. The molecule has 2 rings (SSSR count). The number of allylic oxidation sites excluding steroid dienone is 1. The van der Waals surface area contributed by atoms with Gasteiger partial charge < -0.3 is 25.2 Å². The molecule has 1 aliphatic heterocycles. The lowest BCUT2D eigenvalue weighted by molar-refractivity contribution is -0.145. The van der Waals surface area contributed by atoms with Crippen LogP contribution in [0.25, 0.3) is 0 Å². The fraction of sp³-hybridized carbons (Fsp3) is 0.565. The van der Waals surface area contributed by atoms with Gasteiger partial charge in [-0.25, -0.2) is 9.89 Å². The average molecular weight is 462 g/mol. The van der Waals surface area contributed by atoms with Crippen LogP contribution >= 0.6 is 0 Å². The van der Waals surface area contributed by atoms with E-state index in [4.69, 9.17) is 9.47 Å². The number of aromatic nitrogens is 1. The lowest BCUT2D eigenvalue weighted by atomic mass is 10.1. The molecule has 182 valence electrons. The normalized spacial score (nSPS) is 16.2. The zero-order chi connectivity index (χ0) is 24.5. The quantitative estimate of drug-likeness (QED) is 0.455. The number of ether oxygens (including phenoxy) is 2. The number of imide groups is 1. The number of carbonyl (C=O) groups excluding carboxylic acids is 2. The van der Waals surface area contributed by atoms with Gasteiger partial charge in [-0.15, -0.1) is 0 Å². The molecule has 2 atom stereocenters. The van der Waals surface area contributed by atoms with E-state index in [1.54, 1.807) is 13.3 Å². The van der Waals surface area contributed by atoms with E-state index in [0.717, 1.165) is 34.6 Å². The molecule has 0 aliphatic carbocycles. The van der Waals surface area contributed by atoms with Gasteiger partial charge in [0, 0.05) is 44.3 Å². The molecule has 1 aliphatic rings. The van der Waals surface area contributed by atoms with Crippen LogP contribution in [0.15, 0.2) is 22.8 Å². The third-order valence-corrected chi connectivity index (χ3v) is 5.41. The van der Waals surface area contributed by atoms with Crippen LogP contribution in [0.2, 0.25) is 0 Å². The van der Waals surface area contributed by atoms with Gasteiger partial charge in [-0.2, -0.15) is 0 Å². The second kappa shape index (κ2) is 12.2. The van der Waals surface area contributed by atoms with Gasteiger partial charge in [-0.1, -0.05) is 13.3 Å². The van der Waals surface area contributed by atoms with E-state index < -0.39 is 18.1 Å². The summed E-state index contributed by atoms with van der Waals surface area (Å²) in [6.45, 7) is 9.21. The molecule has 0 saturated heterocycles. The van der Waals surface area contributed by atoms with Gasteiger partial charge in [-0.05, 0) is 26.2 Å². The highest BCUT2D eigenvalue weighted by Gasteiger charge is 2.28. The topological polar surface area (TPSA) is 125 Å². The fourth-order valence-electron chi connectivity index (χ4n) is 3.66. The van der Waals surface area contributed by atoms with Crippen molar-refractivity contribution in [3.8, 4) is 5.75 Å². The van der Waals surface area contributed by atoms with E-state index in [1.807, 2.05) is 13.8 Å². The number of carbonyl (C=O) groups is 2. The Hall–Kier alpha value is -3.14. The monoisotopic (exact) mass is 461 g/mol. The second-order valence-corrected chi connectivity index (χ2v) is 8.00. The Balaban J connectivity index is 2.27. The molecular weight excluding hydrogens is 426 g/mol. The Morgan fingerprint density at radius 2 is 2.00 bits per heavy atom. The van der Waals surface area contributed by atoms with Crippen molar-refractivity contribution in [3.05, 3.63) is 34.6 Å². The van der Waals surface area contributed by atoms with E-state index in [1.165, 1.54) is 20.1 Å². The molecule has 33 heavy (non-hydrogen) atoms. The number of pyridine rings is 1. The first-order valence-corrected chi connectivity index (χ1v) is 11.0. The maximum Gasteiger partial charge on any atom is 0.229 e. The highest BCUT2D eigenvalue weighted by Crippen LogP contribution is 2.25. The summed E-state index contributed by atoms with van der Waals surface area (Å²) in [5.74, 6) is 0.847. The predicted molar refractivity (Wildman–Crippen MR) is 124 cm³/mol. The molecule has 2 heterocycles. The smallest absolute Gasteiger partial charge is 0.229 e. The number of aliphatic hydroxyl groups is 1. The maximum atomic E-state index is 12.0. The van der Waals surface area contributed by atoms with Gasteiger partial charge in [-0.3, -0.25) is 14.6 Å². The summed E-state index contributed by atoms with van der Waals surface area (Å²) >= 11 is 0. The van der Waals surface area contributed by atoms with Gasteiger partial charge in [0.25, 0.3) is 0 Å². The molecule has 0 aromatic carbocycles. The van der Waals surface area contributed by atoms with Crippen molar-refractivity contribution < 1.29 is 24.2 Å². The van der Waals surface area contributed by atoms with Crippen LogP contribution in [-0.4, -0.2) is 59.6 Å². The summed E-state index contributed by atoms with van der Waals surface area (Å²) < 4.78 is 11.5. The summed E-state index contributed by atoms with van der Waals surface area (Å²) in [5.41, 5.74) is 2.53. The zero-order valence-corrected chi connectivity index (χ0v) is 20.3. The van der Waals surface area contributed by atoms with E-state index in [2.05, 4.69) is 27.5 Å². The number of amides is 2. The number of hydrogen-bond acceptors (Lipinski definition) is 9. The molecule has 0 saturated carbocycles. The largest absolute Gasteiger partial charge is 0.496 e. The van der Waals surface area contributed by atoms with Gasteiger partial charge in [0.2, 0.25) is 18.1 Å². The molecule has 0 fully saturated rings. The highest BCUT2D eigenvalue weighted by molar-refractivity contribution is 5.93. The third-order valence-electron chi connectivity index (χ3n) is 5.41. The number of aryl methyl sites for hydroxylation is 1. The number of nitrogens with zero attached hydrogens (tertiary/aromatic N) is 3. The molecule has 0 radical (unpaired) electrons. The number of nitrogens with one attached hydrogen (secondary N) is 2. The number of aliphatic imine (C=N–C) groups is 1. The van der Waals surface area contributed by atoms with Gasteiger partial charge in [0.15, 0.2) is 5.76 Å². The van der Waals surface area contributed by atoms with Crippen LogP contribution in [-0.2, 0) is 20.9 Å². The molecule has 0 bridgehead atoms. The lowest BCUT2D eigenvalue weighted by Gasteiger charge is -2.31. The van der Waals surface area contributed by atoms with E-state index >= 15 is 0 Å². The maximum absolute atomic E-state index is 12.0. The van der Waals surface area contributed by atoms with Crippen molar-refractivity contribution in [2.24, 2.45) is 10.9 Å². The molecular formula is C23H35N5O5. The molecule has 10 heteroatoms. The van der Waals surface area contributed by atoms with Crippen LogP contribution in [0.3, 0.4) is 0 Å². The number of rotatable bonds is 11. The van der Waals surface area contributed by atoms with Crippen molar-refractivity contribution in [2.75, 3.05) is 20.3 Å². The van der Waals surface area contributed by atoms with Crippen molar-refractivity contribution in [1.82, 2.24) is 20.5 Å². The minimum atomic E-state index is -0.895. The standard InChI is InChI=1S/C23H35N5O5/c1-7-8-18(12-29)10-25-22-20(11-26-23(27-22)28(16(4)30)17(5)31)33-13-19-15(3)21(32-6)14(2)9-24-19/h9,11,18,23,25,27,29H,7-8,10,12-13H2,1-6H3/t18-,23?/m1/s1. The molecule has 1 aromatic rings. The van der Waals surface area contributed by atoms with Crippen LogP contribution in [0.1, 0.15) is 50.4 Å². The van der Waals surface area contributed by atoms with Crippen molar-refractivity contribution in [1.29, 1.82) is 0 Å². The Kier molecular flexibility index (Phi) is 9.65. The summed E-state index contributed by atoms with van der Waals surface area (Å²) in [6.07, 6.45) is 4.11. The van der Waals surface area contributed by atoms with E-state index in [-0.39, 0.29) is 19.1 Å². The molecule has 0 spiro atoms. The van der Waals surface area contributed by atoms with Crippen molar-refractivity contribution in [2.45, 2.75) is 60.4 Å². The third kappa shape index (κ3) is 6.67. The van der Waals surface area contributed by atoms with Crippen LogP contribution in [0.5, 0.6) is 5.75 Å². The summed E-state index contributed by atoms with van der Waals surface area (Å²) in [4.78, 5) is 33.7. The summed E-state index contributed by atoms with van der Waals surface area (Å²) in [6, 6.07) is 0. The first-order chi connectivity index (χ1) is 15.7. The molecule has 1 aromatic heterocycles. The van der Waals surface area contributed by atoms with Gasteiger partial charge >= 0.3 is 0 Å². The van der Waals surface area contributed by atoms with Gasteiger partial charge in [0.05, 0.1) is 19.0 Å². The van der Waals surface area contributed by atoms with Crippen LogP contribution < -0.4 is 15.4 Å². The Labute approximate surface area is 195 Å². The minimum absolute atomic E-state index is 0.0428. The molecule has 3 N–H and O–H groups in total. The molecule has 2 amide bonds. The minimum Gasteiger partial charge on any atom is -0.496 e. The average Bonchev–Trinajstić information content (AvgIpc) is 2.76. The van der Waals surface area contributed by atoms with Crippen molar-refractivity contribution >= 4 is 18.0 Å². The Bertz CT molecular complexity index is 901. The SMILES string of the molecule is CCC[C@@H](CO)CNC1=C(OCc2ncc(C)c(OC)c2C)C=NC(N(C(C)=O)C(C)=O)N1. The van der Waals surface area contributed by atoms with Crippen molar-refractivity contribution in [3.63, 3.8) is 0 Å². The zero-order valence-electron chi connectivity index (χ0n) is 20.3. The first-order valence-electron chi connectivity index (χ1n) is 11.0. The first kappa shape index (κ1) is 26.1. The van der Waals surface area contributed by atoms with Crippen LogP contribution in [0.4, 0.5) is 0 Å². The van der Waals surface area contributed by atoms with E-state index in [0.29, 0.717) is 23.8 Å². The summed E-state index contributed by atoms with van der Waals surface area (Å²) in [5, 5.41) is 16.0. The van der Waals surface area contributed by atoms with E-state index in [9.17, 15) is 14.7 Å². The Morgan fingerprint density at radius 3 is 2.58 bits per heavy atom. The number of hydrogen-bond donors (Lipinski definition) is 3. The fourth-order valence-corrected chi connectivity index (χ4v) is 3.66. The molecule has 10 nitrogen and oxygen atoms in total. The molecule has 1 unspecified atom stereocenters. The number of methoxy groups -OCH3 is 1. The highest BCUT2D eigenvalue weighted by atomic mass is 16.5. The predicted octanol–water partition coefficient (Wildman–Crippen LogP) is 1.74.